The predicted molar refractivity (Wildman–Crippen MR) is 81.2 cm³/mol. The molecule has 1 aromatic carbocycles. The summed E-state index contributed by atoms with van der Waals surface area (Å²) >= 11 is 6.41. The van der Waals surface area contributed by atoms with Crippen LogP contribution in [0.25, 0.3) is 0 Å². The van der Waals surface area contributed by atoms with Crippen molar-refractivity contribution < 1.29 is 4.74 Å². The SMILES string of the molecule is CCNC(C)c1ccc(N2CCC(OC)C2)cc1Cl. The van der Waals surface area contributed by atoms with Crippen LogP contribution in [0, 0.1) is 0 Å². The molecule has 0 bridgehead atoms. The molecule has 1 aliphatic rings. The summed E-state index contributed by atoms with van der Waals surface area (Å²) in [4.78, 5) is 2.34. The monoisotopic (exact) mass is 282 g/mol. The first-order valence-corrected chi connectivity index (χ1v) is 7.34. The second-order valence-electron chi connectivity index (χ2n) is 5.08. The van der Waals surface area contributed by atoms with Crippen molar-refractivity contribution in [2.75, 3.05) is 31.6 Å². The number of hydrogen-bond acceptors (Lipinski definition) is 3. The molecule has 0 aliphatic carbocycles. The van der Waals surface area contributed by atoms with Crippen molar-refractivity contribution in [3.63, 3.8) is 0 Å². The molecule has 1 saturated heterocycles. The summed E-state index contributed by atoms with van der Waals surface area (Å²) in [7, 11) is 1.78. The van der Waals surface area contributed by atoms with Gasteiger partial charge in [0.05, 0.1) is 6.10 Å². The van der Waals surface area contributed by atoms with Crippen LogP contribution in [-0.4, -0.2) is 32.8 Å². The third kappa shape index (κ3) is 3.41. The molecule has 106 valence electrons. The van der Waals surface area contributed by atoms with E-state index in [0.717, 1.165) is 36.6 Å². The van der Waals surface area contributed by atoms with Crippen LogP contribution in [0.4, 0.5) is 5.69 Å². The van der Waals surface area contributed by atoms with Gasteiger partial charge in [-0.1, -0.05) is 24.6 Å². The first-order valence-electron chi connectivity index (χ1n) is 6.96. The van der Waals surface area contributed by atoms with E-state index in [4.69, 9.17) is 16.3 Å². The highest BCUT2D eigenvalue weighted by Gasteiger charge is 2.22. The Morgan fingerprint density at radius 1 is 1.53 bits per heavy atom. The van der Waals surface area contributed by atoms with Gasteiger partial charge in [0.1, 0.15) is 0 Å². The Kier molecular flexibility index (Phi) is 5.08. The number of anilines is 1. The van der Waals surface area contributed by atoms with Gasteiger partial charge < -0.3 is 15.0 Å². The van der Waals surface area contributed by atoms with E-state index in [-0.39, 0.29) is 6.04 Å². The van der Waals surface area contributed by atoms with Crippen LogP contribution in [0.1, 0.15) is 31.9 Å². The summed E-state index contributed by atoms with van der Waals surface area (Å²) in [6.07, 6.45) is 1.43. The molecule has 3 nitrogen and oxygen atoms in total. The number of hydrogen-bond donors (Lipinski definition) is 1. The fourth-order valence-corrected chi connectivity index (χ4v) is 2.97. The van der Waals surface area contributed by atoms with E-state index in [1.807, 2.05) is 0 Å². The zero-order valence-electron chi connectivity index (χ0n) is 11.9. The van der Waals surface area contributed by atoms with Crippen molar-refractivity contribution in [2.45, 2.75) is 32.4 Å². The topological polar surface area (TPSA) is 24.5 Å². The van der Waals surface area contributed by atoms with Crippen LogP contribution in [0.2, 0.25) is 5.02 Å². The molecule has 1 aromatic rings. The van der Waals surface area contributed by atoms with Crippen LogP contribution in [-0.2, 0) is 4.74 Å². The van der Waals surface area contributed by atoms with E-state index < -0.39 is 0 Å². The van der Waals surface area contributed by atoms with Gasteiger partial charge in [0.2, 0.25) is 0 Å². The minimum Gasteiger partial charge on any atom is -0.380 e. The first-order chi connectivity index (χ1) is 9.15. The van der Waals surface area contributed by atoms with Crippen molar-refractivity contribution in [3.05, 3.63) is 28.8 Å². The van der Waals surface area contributed by atoms with Crippen molar-refractivity contribution in [3.8, 4) is 0 Å². The highest BCUT2D eigenvalue weighted by atomic mass is 35.5. The lowest BCUT2D eigenvalue weighted by atomic mass is 10.1. The van der Waals surface area contributed by atoms with Gasteiger partial charge in [-0.05, 0) is 37.6 Å². The van der Waals surface area contributed by atoms with Gasteiger partial charge in [-0.15, -0.1) is 0 Å². The lowest BCUT2D eigenvalue weighted by molar-refractivity contribution is 0.121. The molecule has 2 unspecified atom stereocenters. The second kappa shape index (κ2) is 6.60. The Morgan fingerprint density at radius 2 is 2.32 bits per heavy atom. The van der Waals surface area contributed by atoms with E-state index in [1.54, 1.807) is 7.11 Å². The summed E-state index contributed by atoms with van der Waals surface area (Å²) < 4.78 is 5.40. The van der Waals surface area contributed by atoms with Crippen LogP contribution < -0.4 is 10.2 Å². The van der Waals surface area contributed by atoms with Crippen molar-refractivity contribution >= 4 is 17.3 Å². The average Bonchev–Trinajstić information content (AvgIpc) is 2.87. The molecule has 2 atom stereocenters. The van der Waals surface area contributed by atoms with Crippen LogP contribution in [0.5, 0.6) is 0 Å². The molecule has 2 rings (SSSR count). The third-order valence-electron chi connectivity index (χ3n) is 3.80. The molecule has 0 amide bonds. The molecular formula is C15H23ClN2O. The summed E-state index contributed by atoms with van der Waals surface area (Å²) in [6.45, 7) is 7.18. The summed E-state index contributed by atoms with van der Waals surface area (Å²) in [5.74, 6) is 0. The van der Waals surface area contributed by atoms with Gasteiger partial charge in [-0.3, -0.25) is 0 Å². The third-order valence-corrected chi connectivity index (χ3v) is 4.13. The van der Waals surface area contributed by atoms with Crippen molar-refractivity contribution in [2.24, 2.45) is 0 Å². The van der Waals surface area contributed by atoms with E-state index in [9.17, 15) is 0 Å². The Labute approximate surface area is 120 Å². The van der Waals surface area contributed by atoms with Gasteiger partial charge in [0.15, 0.2) is 0 Å². The molecular weight excluding hydrogens is 260 g/mol. The van der Waals surface area contributed by atoms with E-state index in [0.29, 0.717) is 6.10 Å². The maximum Gasteiger partial charge on any atom is 0.0762 e. The Morgan fingerprint density at radius 3 is 2.89 bits per heavy atom. The summed E-state index contributed by atoms with van der Waals surface area (Å²) in [5, 5.41) is 4.23. The molecule has 0 aromatic heterocycles. The largest absolute Gasteiger partial charge is 0.380 e. The quantitative estimate of drug-likeness (QED) is 0.897. The molecule has 0 spiro atoms. The smallest absolute Gasteiger partial charge is 0.0762 e. The fraction of sp³-hybridized carbons (Fsp3) is 0.600. The normalized spacial score (nSPS) is 20.8. The van der Waals surface area contributed by atoms with Crippen molar-refractivity contribution in [1.29, 1.82) is 0 Å². The van der Waals surface area contributed by atoms with Gasteiger partial charge in [-0.2, -0.15) is 0 Å². The first kappa shape index (κ1) is 14.6. The van der Waals surface area contributed by atoms with Crippen LogP contribution in [0.15, 0.2) is 18.2 Å². The van der Waals surface area contributed by atoms with Gasteiger partial charge in [0, 0.05) is 37.0 Å². The van der Waals surface area contributed by atoms with Gasteiger partial charge >= 0.3 is 0 Å². The summed E-state index contributed by atoms with van der Waals surface area (Å²) in [6, 6.07) is 6.65. The number of nitrogens with one attached hydrogen (secondary N) is 1. The molecule has 1 aliphatic heterocycles. The van der Waals surface area contributed by atoms with E-state index in [1.165, 1.54) is 5.69 Å². The van der Waals surface area contributed by atoms with Crippen LogP contribution >= 0.6 is 11.6 Å². The Balaban J connectivity index is 2.11. The minimum atomic E-state index is 0.289. The number of ether oxygens (including phenoxy) is 1. The highest BCUT2D eigenvalue weighted by Crippen LogP contribution is 2.29. The lowest BCUT2D eigenvalue weighted by Gasteiger charge is -2.21. The predicted octanol–water partition coefficient (Wildman–Crippen LogP) is 3.24. The van der Waals surface area contributed by atoms with E-state index in [2.05, 4.69) is 42.3 Å². The highest BCUT2D eigenvalue weighted by molar-refractivity contribution is 6.31. The number of rotatable bonds is 5. The number of nitrogens with zero attached hydrogens (tertiary/aromatic N) is 1. The Hall–Kier alpha value is -0.770. The van der Waals surface area contributed by atoms with Crippen LogP contribution in [0.3, 0.4) is 0 Å². The number of benzene rings is 1. The average molecular weight is 283 g/mol. The zero-order chi connectivity index (χ0) is 13.8. The fourth-order valence-electron chi connectivity index (χ4n) is 2.64. The molecule has 1 N–H and O–H groups in total. The van der Waals surface area contributed by atoms with Gasteiger partial charge in [-0.25, -0.2) is 0 Å². The molecule has 1 fully saturated rings. The number of methoxy groups -OCH3 is 1. The minimum absolute atomic E-state index is 0.289. The molecule has 0 saturated carbocycles. The molecule has 4 heteroatoms. The lowest BCUT2D eigenvalue weighted by Crippen LogP contribution is -2.22. The van der Waals surface area contributed by atoms with Gasteiger partial charge in [0.25, 0.3) is 0 Å². The molecule has 0 radical (unpaired) electrons. The van der Waals surface area contributed by atoms with E-state index >= 15 is 0 Å². The second-order valence-corrected chi connectivity index (χ2v) is 5.48. The number of halogens is 1. The maximum atomic E-state index is 6.41. The standard InChI is InChI=1S/C15H23ClN2O/c1-4-17-11(2)14-6-5-12(9-15(14)16)18-8-7-13(10-18)19-3/h5-6,9,11,13,17H,4,7-8,10H2,1-3H3. The van der Waals surface area contributed by atoms with Crippen molar-refractivity contribution in [1.82, 2.24) is 5.32 Å². The maximum absolute atomic E-state index is 6.41. The molecule has 1 heterocycles. The zero-order valence-corrected chi connectivity index (χ0v) is 12.7. The molecule has 19 heavy (non-hydrogen) atoms. The Bertz CT molecular complexity index is 425. The summed E-state index contributed by atoms with van der Waals surface area (Å²) in [5.41, 5.74) is 2.35.